The molecular weight excluding hydrogens is 256 g/mol. The topological polar surface area (TPSA) is 70.5 Å². The Balaban J connectivity index is 1.62. The highest BCUT2D eigenvalue weighted by molar-refractivity contribution is 5.83. The molecule has 3 atom stereocenters. The number of carbonyl (C=O) groups is 2. The lowest BCUT2D eigenvalue weighted by Gasteiger charge is -2.31. The summed E-state index contributed by atoms with van der Waals surface area (Å²) in [6, 6.07) is 5.75. The van der Waals surface area contributed by atoms with E-state index in [9.17, 15) is 9.59 Å². The molecule has 1 saturated heterocycles. The van der Waals surface area contributed by atoms with Gasteiger partial charge in [0.05, 0.1) is 5.92 Å². The van der Waals surface area contributed by atoms with Gasteiger partial charge in [-0.25, -0.2) is 0 Å². The SMILES string of the molecule is O=C(O)C1CCCN(C(=O)[C@@H]2C[C@H]2c2ccccn2)C1. The number of nitrogens with zero attached hydrogens (tertiary/aromatic N) is 2. The Bertz CT molecular complexity index is 517. The van der Waals surface area contributed by atoms with Crippen LogP contribution in [0.15, 0.2) is 24.4 Å². The summed E-state index contributed by atoms with van der Waals surface area (Å²) in [6.45, 7) is 1.05. The van der Waals surface area contributed by atoms with E-state index in [1.165, 1.54) is 0 Å². The molecule has 2 aliphatic rings. The smallest absolute Gasteiger partial charge is 0.308 e. The van der Waals surface area contributed by atoms with Crippen molar-refractivity contribution in [3.63, 3.8) is 0 Å². The van der Waals surface area contributed by atoms with Gasteiger partial charge in [0, 0.05) is 36.8 Å². The Kier molecular flexibility index (Phi) is 3.42. The van der Waals surface area contributed by atoms with Gasteiger partial charge in [-0.1, -0.05) is 6.07 Å². The van der Waals surface area contributed by atoms with Gasteiger partial charge in [0.1, 0.15) is 0 Å². The zero-order chi connectivity index (χ0) is 14.1. The molecule has 3 rings (SSSR count). The average Bonchev–Trinajstić information content (AvgIpc) is 3.28. The van der Waals surface area contributed by atoms with Crippen molar-refractivity contribution in [2.45, 2.75) is 25.2 Å². The number of rotatable bonds is 3. The summed E-state index contributed by atoms with van der Waals surface area (Å²) >= 11 is 0. The van der Waals surface area contributed by atoms with Crippen LogP contribution in [-0.2, 0) is 9.59 Å². The first-order valence-corrected chi connectivity index (χ1v) is 7.09. The first kappa shape index (κ1) is 13.1. The van der Waals surface area contributed by atoms with E-state index >= 15 is 0 Å². The van der Waals surface area contributed by atoms with E-state index in [4.69, 9.17) is 5.11 Å². The third kappa shape index (κ3) is 2.53. The summed E-state index contributed by atoms with van der Waals surface area (Å²) < 4.78 is 0. The molecule has 1 aromatic rings. The van der Waals surface area contributed by atoms with E-state index in [0.717, 1.165) is 18.5 Å². The van der Waals surface area contributed by atoms with Gasteiger partial charge in [-0.2, -0.15) is 0 Å². The minimum absolute atomic E-state index is 0.00237. The fourth-order valence-electron chi connectivity index (χ4n) is 3.00. The van der Waals surface area contributed by atoms with Crippen LogP contribution in [0.1, 0.15) is 30.9 Å². The number of aromatic nitrogens is 1. The van der Waals surface area contributed by atoms with E-state index in [1.54, 1.807) is 11.1 Å². The van der Waals surface area contributed by atoms with Gasteiger partial charge in [-0.3, -0.25) is 14.6 Å². The zero-order valence-electron chi connectivity index (χ0n) is 11.2. The summed E-state index contributed by atoms with van der Waals surface area (Å²) in [5, 5.41) is 9.07. The number of carboxylic acid groups (broad SMARTS) is 1. The number of hydrogen-bond acceptors (Lipinski definition) is 3. The number of aliphatic carboxylic acids is 1. The molecule has 0 bridgehead atoms. The third-order valence-electron chi connectivity index (χ3n) is 4.26. The van der Waals surface area contributed by atoms with Crippen LogP contribution in [0.4, 0.5) is 0 Å². The maximum Gasteiger partial charge on any atom is 0.308 e. The maximum atomic E-state index is 12.4. The minimum atomic E-state index is -0.792. The summed E-state index contributed by atoms with van der Waals surface area (Å²) in [6.07, 6.45) is 4.04. The molecule has 1 N–H and O–H groups in total. The van der Waals surface area contributed by atoms with Crippen LogP contribution in [0.25, 0.3) is 0 Å². The van der Waals surface area contributed by atoms with Gasteiger partial charge >= 0.3 is 5.97 Å². The Morgan fingerprint density at radius 1 is 1.35 bits per heavy atom. The second kappa shape index (κ2) is 5.23. The standard InChI is InChI=1S/C15H18N2O3/c18-14(17-7-3-4-10(9-17)15(19)20)12-8-11(12)13-5-1-2-6-16-13/h1-2,5-6,10-12H,3-4,7-9H2,(H,19,20)/t10?,11-,12-/m1/s1. The second-order valence-corrected chi connectivity index (χ2v) is 5.66. The number of piperidine rings is 1. The average molecular weight is 274 g/mol. The van der Waals surface area contributed by atoms with Crippen LogP contribution in [0.5, 0.6) is 0 Å². The lowest BCUT2D eigenvalue weighted by molar-refractivity contribution is -0.146. The number of hydrogen-bond donors (Lipinski definition) is 1. The minimum Gasteiger partial charge on any atom is -0.481 e. The molecule has 106 valence electrons. The number of pyridine rings is 1. The number of carbonyl (C=O) groups excluding carboxylic acids is 1. The van der Waals surface area contributed by atoms with Crippen LogP contribution in [0, 0.1) is 11.8 Å². The molecule has 20 heavy (non-hydrogen) atoms. The van der Waals surface area contributed by atoms with Crippen molar-refractivity contribution < 1.29 is 14.7 Å². The van der Waals surface area contributed by atoms with Gasteiger partial charge < -0.3 is 10.0 Å². The number of likely N-dealkylation sites (tertiary alicyclic amines) is 1. The molecule has 5 heteroatoms. The molecule has 2 fully saturated rings. The first-order chi connectivity index (χ1) is 9.66. The van der Waals surface area contributed by atoms with Gasteiger partial charge in [-0.15, -0.1) is 0 Å². The van der Waals surface area contributed by atoms with E-state index in [0.29, 0.717) is 19.5 Å². The molecule has 1 aromatic heterocycles. The molecule has 1 amide bonds. The van der Waals surface area contributed by atoms with Crippen LogP contribution >= 0.6 is 0 Å². The number of carboxylic acids is 1. The van der Waals surface area contributed by atoms with Crippen molar-refractivity contribution >= 4 is 11.9 Å². The highest BCUT2D eigenvalue weighted by Crippen LogP contribution is 2.47. The zero-order valence-corrected chi connectivity index (χ0v) is 11.2. The lowest BCUT2D eigenvalue weighted by atomic mass is 9.98. The predicted octanol–water partition coefficient (Wildman–Crippen LogP) is 1.51. The van der Waals surface area contributed by atoms with Crippen LogP contribution in [0.3, 0.4) is 0 Å². The number of amides is 1. The van der Waals surface area contributed by atoms with Crippen molar-refractivity contribution in [1.82, 2.24) is 9.88 Å². The van der Waals surface area contributed by atoms with E-state index in [-0.39, 0.29) is 17.7 Å². The Morgan fingerprint density at radius 3 is 2.90 bits per heavy atom. The monoisotopic (exact) mass is 274 g/mol. The quantitative estimate of drug-likeness (QED) is 0.907. The van der Waals surface area contributed by atoms with Crippen LogP contribution in [0.2, 0.25) is 0 Å². The maximum absolute atomic E-state index is 12.4. The van der Waals surface area contributed by atoms with Crippen molar-refractivity contribution in [3.05, 3.63) is 30.1 Å². The highest BCUT2D eigenvalue weighted by atomic mass is 16.4. The largest absolute Gasteiger partial charge is 0.481 e. The summed E-state index contributed by atoms with van der Waals surface area (Å²) in [5.41, 5.74) is 0.970. The molecule has 0 aromatic carbocycles. The van der Waals surface area contributed by atoms with Crippen LogP contribution in [-0.4, -0.2) is 40.0 Å². The molecule has 0 spiro atoms. The molecule has 1 aliphatic heterocycles. The van der Waals surface area contributed by atoms with E-state index < -0.39 is 11.9 Å². The Labute approximate surface area is 117 Å². The van der Waals surface area contributed by atoms with Gasteiger partial charge in [0.15, 0.2) is 0 Å². The Morgan fingerprint density at radius 2 is 2.20 bits per heavy atom. The molecule has 5 nitrogen and oxygen atoms in total. The second-order valence-electron chi connectivity index (χ2n) is 5.66. The van der Waals surface area contributed by atoms with Crippen molar-refractivity contribution in [2.75, 3.05) is 13.1 Å². The molecule has 1 saturated carbocycles. The summed E-state index contributed by atoms with van der Waals surface area (Å²) in [4.78, 5) is 29.5. The van der Waals surface area contributed by atoms with Gasteiger partial charge in [-0.05, 0) is 31.4 Å². The first-order valence-electron chi connectivity index (χ1n) is 7.09. The van der Waals surface area contributed by atoms with Crippen molar-refractivity contribution in [2.24, 2.45) is 11.8 Å². The molecule has 1 unspecified atom stereocenters. The summed E-state index contributed by atoms with van der Waals surface area (Å²) in [5.74, 6) is -0.878. The summed E-state index contributed by atoms with van der Waals surface area (Å²) in [7, 11) is 0. The molecular formula is C15H18N2O3. The van der Waals surface area contributed by atoms with Crippen molar-refractivity contribution in [3.8, 4) is 0 Å². The molecule has 2 heterocycles. The molecule has 0 radical (unpaired) electrons. The van der Waals surface area contributed by atoms with Gasteiger partial charge in [0.25, 0.3) is 0 Å². The van der Waals surface area contributed by atoms with E-state index in [2.05, 4.69) is 4.98 Å². The van der Waals surface area contributed by atoms with Crippen molar-refractivity contribution in [1.29, 1.82) is 0 Å². The Hall–Kier alpha value is -1.91. The fourth-order valence-corrected chi connectivity index (χ4v) is 3.00. The predicted molar refractivity (Wildman–Crippen MR) is 72.0 cm³/mol. The van der Waals surface area contributed by atoms with Gasteiger partial charge in [0.2, 0.25) is 5.91 Å². The van der Waals surface area contributed by atoms with E-state index in [1.807, 2.05) is 18.2 Å². The van der Waals surface area contributed by atoms with Crippen LogP contribution < -0.4 is 0 Å². The highest BCUT2D eigenvalue weighted by Gasteiger charge is 2.47. The molecule has 1 aliphatic carbocycles. The fraction of sp³-hybridized carbons (Fsp3) is 0.533. The third-order valence-corrected chi connectivity index (χ3v) is 4.26. The normalized spacial score (nSPS) is 29.0. The lowest BCUT2D eigenvalue weighted by Crippen LogP contribution is -2.43.